The van der Waals surface area contributed by atoms with Crippen molar-refractivity contribution in [2.45, 2.75) is 13.0 Å². The first kappa shape index (κ1) is 12.6. The second-order valence-corrected chi connectivity index (χ2v) is 5.28. The minimum absolute atomic E-state index is 0.564. The zero-order valence-electron chi connectivity index (χ0n) is 10.2. The summed E-state index contributed by atoms with van der Waals surface area (Å²) in [7, 11) is 0. The molecule has 1 aliphatic rings. The molecule has 0 atom stereocenters. The van der Waals surface area contributed by atoms with Crippen LogP contribution in [0.4, 0.5) is 5.69 Å². The third-order valence-corrected chi connectivity index (χ3v) is 4.01. The van der Waals surface area contributed by atoms with Gasteiger partial charge in [0.25, 0.3) is 0 Å². The largest absolute Gasteiger partial charge is 0.493 e. The number of fused-ring (bicyclic) bond motifs is 1. The van der Waals surface area contributed by atoms with Crippen molar-refractivity contribution in [3.63, 3.8) is 0 Å². The van der Waals surface area contributed by atoms with Crippen molar-refractivity contribution >= 4 is 28.9 Å². The molecule has 3 rings (SSSR count). The highest BCUT2D eigenvalue weighted by molar-refractivity contribution is 6.43. The molecule has 0 spiro atoms. The van der Waals surface area contributed by atoms with Crippen LogP contribution in [0, 0.1) is 0 Å². The van der Waals surface area contributed by atoms with Crippen molar-refractivity contribution in [3.8, 4) is 5.75 Å². The molecule has 0 saturated carbocycles. The molecule has 0 aromatic heterocycles. The fourth-order valence-electron chi connectivity index (χ4n) is 2.19. The molecule has 2 nitrogen and oxygen atoms in total. The summed E-state index contributed by atoms with van der Waals surface area (Å²) in [5.41, 5.74) is 3.34. The molecule has 2 aromatic carbocycles. The van der Waals surface area contributed by atoms with E-state index in [-0.39, 0.29) is 0 Å². The average Bonchev–Trinajstić information content (AvgIpc) is 2.88. The van der Waals surface area contributed by atoms with Gasteiger partial charge in [0.2, 0.25) is 0 Å². The maximum absolute atomic E-state index is 6.14. The Morgan fingerprint density at radius 1 is 1.16 bits per heavy atom. The van der Waals surface area contributed by atoms with E-state index in [1.165, 1.54) is 11.1 Å². The van der Waals surface area contributed by atoms with E-state index in [1.54, 1.807) is 6.07 Å². The van der Waals surface area contributed by atoms with Crippen LogP contribution in [0.5, 0.6) is 5.75 Å². The highest BCUT2D eigenvalue weighted by Crippen LogP contribution is 2.30. The Bertz CT molecular complexity index is 613. The fraction of sp³-hybridized carbons (Fsp3) is 0.200. The summed E-state index contributed by atoms with van der Waals surface area (Å²) in [6.07, 6.45) is 0.987. The van der Waals surface area contributed by atoms with E-state index in [4.69, 9.17) is 27.9 Å². The predicted molar refractivity (Wildman–Crippen MR) is 79.4 cm³/mol. The summed E-state index contributed by atoms with van der Waals surface area (Å²) in [6.45, 7) is 1.50. The molecule has 0 unspecified atom stereocenters. The van der Waals surface area contributed by atoms with Crippen molar-refractivity contribution in [2.75, 3.05) is 11.9 Å². The monoisotopic (exact) mass is 293 g/mol. The van der Waals surface area contributed by atoms with E-state index >= 15 is 0 Å². The molecule has 0 fully saturated rings. The van der Waals surface area contributed by atoms with E-state index in [1.807, 2.05) is 18.2 Å². The maximum atomic E-state index is 6.14. The minimum Gasteiger partial charge on any atom is -0.493 e. The third kappa shape index (κ3) is 2.65. The molecule has 1 heterocycles. The first-order chi connectivity index (χ1) is 9.24. The molecule has 19 heavy (non-hydrogen) atoms. The van der Waals surface area contributed by atoms with Gasteiger partial charge in [-0.25, -0.2) is 0 Å². The Morgan fingerprint density at radius 2 is 2.05 bits per heavy atom. The average molecular weight is 294 g/mol. The first-order valence-electron chi connectivity index (χ1n) is 6.16. The molecule has 0 radical (unpaired) electrons. The molecule has 1 aliphatic heterocycles. The molecule has 0 aliphatic carbocycles. The first-order valence-corrected chi connectivity index (χ1v) is 6.92. The van der Waals surface area contributed by atoms with Crippen LogP contribution in [0.2, 0.25) is 10.0 Å². The van der Waals surface area contributed by atoms with Gasteiger partial charge in [-0.2, -0.15) is 0 Å². The summed E-state index contributed by atoms with van der Waals surface area (Å²) in [4.78, 5) is 0. The SMILES string of the molecule is Clc1cccc(NCc2ccc3c(c2)CCO3)c1Cl. The smallest absolute Gasteiger partial charge is 0.122 e. The molecule has 2 aromatic rings. The summed E-state index contributed by atoms with van der Waals surface area (Å²) in [6, 6.07) is 11.8. The zero-order chi connectivity index (χ0) is 13.2. The van der Waals surface area contributed by atoms with Gasteiger partial charge in [0.15, 0.2) is 0 Å². The van der Waals surface area contributed by atoms with Crippen LogP contribution in [-0.2, 0) is 13.0 Å². The summed E-state index contributed by atoms with van der Waals surface area (Å²) in [5.74, 6) is 1.00. The van der Waals surface area contributed by atoms with Gasteiger partial charge in [-0.1, -0.05) is 41.4 Å². The standard InChI is InChI=1S/C15H13Cl2NO/c16-12-2-1-3-13(15(12)17)18-9-10-4-5-14-11(8-10)6-7-19-14/h1-5,8,18H,6-7,9H2. The molecule has 0 amide bonds. The number of anilines is 1. The van der Waals surface area contributed by atoms with Crippen LogP contribution in [-0.4, -0.2) is 6.61 Å². The second-order valence-electron chi connectivity index (χ2n) is 4.50. The van der Waals surface area contributed by atoms with Gasteiger partial charge in [-0.15, -0.1) is 0 Å². The van der Waals surface area contributed by atoms with E-state index < -0.39 is 0 Å². The van der Waals surface area contributed by atoms with E-state index in [2.05, 4.69) is 17.4 Å². The van der Waals surface area contributed by atoms with Crippen molar-refractivity contribution in [2.24, 2.45) is 0 Å². The van der Waals surface area contributed by atoms with Gasteiger partial charge in [0.1, 0.15) is 5.75 Å². The van der Waals surface area contributed by atoms with Gasteiger partial charge in [0.05, 0.1) is 22.3 Å². The number of nitrogens with one attached hydrogen (secondary N) is 1. The second kappa shape index (κ2) is 5.32. The minimum atomic E-state index is 0.564. The number of hydrogen-bond donors (Lipinski definition) is 1. The van der Waals surface area contributed by atoms with E-state index in [0.717, 1.165) is 24.5 Å². The van der Waals surface area contributed by atoms with Gasteiger partial charge in [0, 0.05) is 13.0 Å². The molecule has 4 heteroatoms. The van der Waals surface area contributed by atoms with Crippen LogP contribution >= 0.6 is 23.2 Å². The van der Waals surface area contributed by atoms with Crippen molar-refractivity contribution in [3.05, 3.63) is 57.6 Å². The predicted octanol–water partition coefficient (Wildman–Crippen LogP) is 4.54. The Morgan fingerprint density at radius 3 is 2.95 bits per heavy atom. The number of halogens is 2. The Balaban J connectivity index is 1.74. The Hall–Kier alpha value is -1.38. The van der Waals surface area contributed by atoms with Crippen molar-refractivity contribution in [1.82, 2.24) is 0 Å². The maximum Gasteiger partial charge on any atom is 0.122 e. The molecular formula is C15H13Cl2NO. The van der Waals surface area contributed by atoms with E-state index in [9.17, 15) is 0 Å². The number of ether oxygens (including phenoxy) is 1. The lowest BCUT2D eigenvalue weighted by atomic mass is 10.1. The molecule has 1 N–H and O–H groups in total. The fourth-order valence-corrected chi connectivity index (χ4v) is 2.55. The Kier molecular flexibility index (Phi) is 3.54. The number of rotatable bonds is 3. The third-order valence-electron chi connectivity index (χ3n) is 3.19. The van der Waals surface area contributed by atoms with Gasteiger partial charge in [-0.05, 0) is 29.3 Å². The van der Waals surface area contributed by atoms with Crippen LogP contribution in [0.1, 0.15) is 11.1 Å². The molecule has 0 saturated heterocycles. The zero-order valence-corrected chi connectivity index (χ0v) is 11.8. The van der Waals surface area contributed by atoms with Crippen LogP contribution in [0.15, 0.2) is 36.4 Å². The summed E-state index contributed by atoms with van der Waals surface area (Å²) < 4.78 is 5.49. The lowest BCUT2D eigenvalue weighted by Crippen LogP contribution is -2.00. The summed E-state index contributed by atoms with van der Waals surface area (Å²) in [5, 5.41) is 4.43. The van der Waals surface area contributed by atoms with Gasteiger partial charge >= 0.3 is 0 Å². The van der Waals surface area contributed by atoms with Crippen molar-refractivity contribution in [1.29, 1.82) is 0 Å². The van der Waals surface area contributed by atoms with Gasteiger partial charge < -0.3 is 10.1 Å². The number of hydrogen-bond acceptors (Lipinski definition) is 2. The van der Waals surface area contributed by atoms with Crippen LogP contribution in [0.25, 0.3) is 0 Å². The van der Waals surface area contributed by atoms with Gasteiger partial charge in [-0.3, -0.25) is 0 Å². The lowest BCUT2D eigenvalue weighted by molar-refractivity contribution is 0.357. The highest BCUT2D eigenvalue weighted by Gasteiger charge is 2.12. The van der Waals surface area contributed by atoms with Crippen molar-refractivity contribution < 1.29 is 4.74 Å². The van der Waals surface area contributed by atoms with E-state index in [0.29, 0.717) is 16.6 Å². The summed E-state index contributed by atoms with van der Waals surface area (Å²) >= 11 is 12.1. The highest BCUT2D eigenvalue weighted by atomic mass is 35.5. The van der Waals surface area contributed by atoms with Crippen LogP contribution in [0.3, 0.4) is 0 Å². The lowest BCUT2D eigenvalue weighted by Gasteiger charge is -2.10. The molecule has 98 valence electrons. The van der Waals surface area contributed by atoms with Crippen LogP contribution < -0.4 is 10.1 Å². The quantitative estimate of drug-likeness (QED) is 0.897. The number of benzene rings is 2. The Labute approximate surface area is 122 Å². The molecular weight excluding hydrogens is 281 g/mol. The normalized spacial score (nSPS) is 12.9. The molecule has 0 bridgehead atoms. The topological polar surface area (TPSA) is 21.3 Å².